The van der Waals surface area contributed by atoms with E-state index in [0.29, 0.717) is 0 Å². The summed E-state index contributed by atoms with van der Waals surface area (Å²) in [6.45, 7) is 0. The van der Waals surface area contributed by atoms with Crippen molar-refractivity contribution in [2.24, 2.45) is 0 Å². The van der Waals surface area contributed by atoms with Crippen molar-refractivity contribution in [3.63, 3.8) is 0 Å². The first-order valence-corrected chi connectivity index (χ1v) is 5.16. The molecule has 6 heteroatoms. The topological polar surface area (TPSA) is 74.6 Å². The Kier molecular flexibility index (Phi) is 2.67. The Balaban J connectivity index is 2.47. The van der Waals surface area contributed by atoms with Crippen LogP contribution in [0.3, 0.4) is 0 Å². The number of carboxylic acids is 2. The fraction of sp³-hybridized carbons (Fsp3) is 0.600. The van der Waals surface area contributed by atoms with Crippen molar-refractivity contribution in [2.45, 2.75) is 16.9 Å². The molecule has 1 aliphatic heterocycles. The number of hydrogen-bond acceptors (Lipinski definition) is 4. The highest BCUT2D eigenvalue weighted by Gasteiger charge is 2.35. The molecule has 0 aliphatic carbocycles. The zero-order chi connectivity index (χ0) is 8.43. The summed E-state index contributed by atoms with van der Waals surface area (Å²) < 4.78 is 0. The van der Waals surface area contributed by atoms with E-state index in [1.165, 1.54) is 0 Å². The van der Waals surface area contributed by atoms with Crippen LogP contribution in [-0.2, 0) is 9.59 Å². The van der Waals surface area contributed by atoms with E-state index in [0.717, 1.165) is 21.6 Å². The third-order valence-corrected chi connectivity index (χ3v) is 4.36. The van der Waals surface area contributed by atoms with Gasteiger partial charge in [0.05, 0.1) is 0 Å². The van der Waals surface area contributed by atoms with Crippen molar-refractivity contribution in [1.29, 1.82) is 0 Å². The minimum absolute atomic E-state index is 0.222. The molecule has 1 saturated heterocycles. The Morgan fingerprint density at radius 1 is 1.09 bits per heavy atom. The van der Waals surface area contributed by atoms with E-state index in [9.17, 15) is 9.59 Å². The first kappa shape index (κ1) is 8.73. The summed E-state index contributed by atoms with van der Waals surface area (Å²) in [5, 5.41) is 15.9. The number of carbonyl (C=O) groups is 2. The summed E-state index contributed by atoms with van der Waals surface area (Å²) in [6.07, 6.45) is 0.222. The van der Waals surface area contributed by atoms with Crippen molar-refractivity contribution in [3.05, 3.63) is 0 Å². The standard InChI is InChI=1S/C5H6O4S2/c6-4(7)2-1-3(5(8)9)11-10-2/h2-3H,1H2,(H,6,7)(H,8,9)/t2-,3-/m1/s1. The maximum Gasteiger partial charge on any atom is 0.317 e. The predicted molar refractivity (Wildman–Crippen MR) is 42.6 cm³/mol. The second-order valence-corrected chi connectivity index (χ2v) is 4.76. The normalized spacial score (nSPS) is 30.2. The van der Waals surface area contributed by atoms with Crippen molar-refractivity contribution in [3.8, 4) is 0 Å². The largest absolute Gasteiger partial charge is 0.480 e. The van der Waals surface area contributed by atoms with Gasteiger partial charge >= 0.3 is 11.9 Å². The Morgan fingerprint density at radius 2 is 1.45 bits per heavy atom. The van der Waals surface area contributed by atoms with Gasteiger partial charge in [0.25, 0.3) is 0 Å². The van der Waals surface area contributed by atoms with Gasteiger partial charge in [-0.25, -0.2) is 0 Å². The number of aliphatic carboxylic acids is 2. The lowest BCUT2D eigenvalue weighted by Gasteiger charge is -1.98. The maximum atomic E-state index is 10.3. The monoisotopic (exact) mass is 194 g/mol. The van der Waals surface area contributed by atoms with Crippen LogP contribution in [0.1, 0.15) is 6.42 Å². The van der Waals surface area contributed by atoms with E-state index in [4.69, 9.17) is 10.2 Å². The van der Waals surface area contributed by atoms with Crippen LogP contribution in [0.5, 0.6) is 0 Å². The van der Waals surface area contributed by atoms with Crippen molar-refractivity contribution >= 4 is 33.5 Å². The molecule has 0 bridgehead atoms. The summed E-state index contributed by atoms with van der Waals surface area (Å²) >= 11 is 0. The average Bonchev–Trinajstić information content (AvgIpc) is 2.33. The average molecular weight is 194 g/mol. The molecule has 1 rings (SSSR count). The molecule has 0 amide bonds. The van der Waals surface area contributed by atoms with E-state index in [1.807, 2.05) is 0 Å². The van der Waals surface area contributed by atoms with Crippen LogP contribution in [0.15, 0.2) is 0 Å². The number of hydrogen-bond donors (Lipinski definition) is 2. The van der Waals surface area contributed by atoms with Gasteiger partial charge in [-0.3, -0.25) is 9.59 Å². The molecular formula is C5H6O4S2. The summed E-state index contributed by atoms with van der Waals surface area (Å²) in [5.74, 6) is -1.85. The molecule has 2 atom stereocenters. The summed E-state index contributed by atoms with van der Waals surface area (Å²) in [6, 6.07) is 0. The molecule has 1 aliphatic rings. The first-order chi connectivity index (χ1) is 5.11. The van der Waals surface area contributed by atoms with Gasteiger partial charge in [0.2, 0.25) is 0 Å². The highest BCUT2D eigenvalue weighted by Crippen LogP contribution is 2.43. The van der Waals surface area contributed by atoms with E-state index >= 15 is 0 Å². The zero-order valence-electron chi connectivity index (χ0n) is 5.39. The van der Waals surface area contributed by atoms with Crippen molar-refractivity contribution < 1.29 is 19.8 Å². The summed E-state index contributed by atoms with van der Waals surface area (Å²) in [7, 11) is 2.25. The molecule has 62 valence electrons. The van der Waals surface area contributed by atoms with Crippen molar-refractivity contribution in [2.75, 3.05) is 0 Å². The molecule has 0 saturated carbocycles. The van der Waals surface area contributed by atoms with Crippen LogP contribution in [0.25, 0.3) is 0 Å². The molecular weight excluding hydrogens is 188 g/mol. The molecule has 2 N–H and O–H groups in total. The van der Waals surface area contributed by atoms with E-state index in [2.05, 4.69) is 0 Å². The molecule has 0 spiro atoms. The van der Waals surface area contributed by atoms with Gasteiger partial charge in [-0.15, -0.1) is 0 Å². The lowest BCUT2D eigenvalue weighted by Crippen LogP contribution is -2.19. The third-order valence-electron chi connectivity index (χ3n) is 1.27. The minimum Gasteiger partial charge on any atom is -0.480 e. The SMILES string of the molecule is O=C(O)[C@H]1C[C@H](C(=O)O)SS1. The number of carboxylic acid groups (broad SMARTS) is 2. The van der Waals surface area contributed by atoms with Crippen LogP contribution in [0.2, 0.25) is 0 Å². The van der Waals surface area contributed by atoms with Crippen LogP contribution in [-0.4, -0.2) is 32.7 Å². The fourth-order valence-corrected chi connectivity index (χ4v) is 3.56. The summed E-state index contributed by atoms with van der Waals surface area (Å²) in [5.41, 5.74) is 0. The van der Waals surface area contributed by atoms with E-state index in [1.54, 1.807) is 0 Å². The highest BCUT2D eigenvalue weighted by molar-refractivity contribution is 8.78. The lowest BCUT2D eigenvalue weighted by molar-refractivity contribution is -0.137. The first-order valence-electron chi connectivity index (χ1n) is 2.89. The molecule has 0 aromatic carbocycles. The molecule has 0 aromatic rings. The molecule has 0 unspecified atom stereocenters. The Bertz CT molecular complexity index is 173. The predicted octanol–water partition coefficient (Wildman–Crippen LogP) is 0.678. The quantitative estimate of drug-likeness (QED) is 0.629. The van der Waals surface area contributed by atoms with Crippen LogP contribution in [0.4, 0.5) is 0 Å². The zero-order valence-corrected chi connectivity index (χ0v) is 7.02. The Labute approximate surface area is 70.8 Å². The molecule has 1 fully saturated rings. The maximum absolute atomic E-state index is 10.3. The molecule has 0 radical (unpaired) electrons. The number of rotatable bonds is 2. The van der Waals surface area contributed by atoms with Gasteiger partial charge in [-0.1, -0.05) is 21.6 Å². The second-order valence-electron chi connectivity index (χ2n) is 2.08. The Morgan fingerprint density at radius 3 is 1.64 bits per heavy atom. The summed E-state index contributed by atoms with van der Waals surface area (Å²) in [4.78, 5) is 20.7. The Hall–Kier alpha value is -0.360. The second kappa shape index (κ2) is 3.36. The fourth-order valence-electron chi connectivity index (χ4n) is 0.691. The molecule has 1 heterocycles. The smallest absolute Gasteiger partial charge is 0.317 e. The van der Waals surface area contributed by atoms with Gasteiger partial charge in [0.1, 0.15) is 10.5 Å². The van der Waals surface area contributed by atoms with E-state index < -0.39 is 22.4 Å². The van der Waals surface area contributed by atoms with Crippen LogP contribution in [0, 0.1) is 0 Å². The van der Waals surface area contributed by atoms with Gasteiger partial charge in [0.15, 0.2) is 0 Å². The van der Waals surface area contributed by atoms with E-state index in [-0.39, 0.29) is 6.42 Å². The molecule has 11 heavy (non-hydrogen) atoms. The third kappa shape index (κ3) is 2.03. The van der Waals surface area contributed by atoms with Gasteiger partial charge in [-0.05, 0) is 6.42 Å². The highest BCUT2D eigenvalue weighted by atomic mass is 33.1. The van der Waals surface area contributed by atoms with Crippen molar-refractivity contribution in [1.82, 2.24) is 0 Å². The van der Waals surface area contributed by atoms with Crippen LogP contribution < -0.4 is 0 Å². The molecule has 0 aromatic heterocycles. The van der Waals surface area contributed by atoms with Gasteiger partial charge in [-0.2, -0.15) is 0 Å². The van der Waals surface area contributed by atoms with Gasteiger partial charge < -0.3 is 10.2 Å². The van der Waals surface area contributed by atoms with Crippen LogP contribution >= 0.6 is 21.6 Å². The minimum atomic E-state index is -0.925. The molecule has 4 nitrogen and oxygen atoms in total. The van der Waals surface area contributed by atoms with Gasteiger partial charge in [0, 0.05) is 0 Å². The lowest BCUT2D eigenvalue weighted by atomic mass is 10.2.